The summed E-state index contributed by atoms with van der Waals surface area (Å²) in [6.07, 6.45) is -0.305. The molecule has 1 aliphatic heterocycles. The van der Waals surface area contributed by atoms with Crippen LogP contribution in [-0.4, -0.2) is 36.7 Å². The Balaban J connectivity index is 1.77. The summed E-state index contributed by atoms with van der Waals surface area (Å²) in [4.78, 5) is 40.0. The Morgan fingerprint density at radius 3 is 2.39 bits per heavy atom. The molecule has 2 aromatic rings. The normalized spacial score (nSPS) is 15.9. The van der Waals surface area contributed by atoms with Crippen LogP contribution >= 0.6 is 0 Å². The van der Waals surface area contributed by atoms with E-state index in [0.717, 1.165) is 11.1 Å². The van der Waals surface area contributed by atoms with Crippen LogP contribution in [0.1, 0.15) is 31.9 Å². The number of benzene rings is 2. The van der Waals surface area contributed by atoms with Crippen molar-refractivity contribution in [1.29, 1.82) is 0 Å². The van der Waals surface area contributed by atoms with Gasteiger partial charge in [0, 0.05) is 12.1 Å². The van der Waals surface area contributed by atoms with E-state index in [4.69, 9.17) is 9.47 Å². The van der Waals surface area contributed by atoms with Gasteiger partial charge in [-0.1, -0.05) is 62.4 Å². The first kappa shape index (κ1) is 22.3. The highest BCUT2D eigenvalue weighted by Gasteiger charge is 2.42. The minimum Gasteiger partial charge on any atom is -0.464 e. The summed E-state index contributed by atoms with van der Waals surface area (Å²) in [5, 5.41) is 2.68. The van der Waals surface area contributed by atoms with Crippen LogP contribution in [0.5, 0.6) is 0 Å². The second kappa shape index (κ2) is 10.1. The van der Waals surface area contributed by atoms with Crippen LogP contribution in [0.4, 0.5) is 10.5 Å². The maximum absolute atomic E-state index is 13.5. The van der Waals surface area contributed by atoms with Gasteiger partial charge in [0.15, 0.2) is 0 Å². The van der Waals surface area contributed by atoms with Crippen molar-refractivity contribution in [2.75, 3.05) is 11.5 Å². The van der Waals surface area contributed by atoms with Gasteiger partial charge in [0.05, 0.1) is 6.61 Å². The molecule has 2 aromatic carbocycles. The maximum Gasteiger partial charge on any atom is 0.408 e. The fourth-order valence-electron chi connectivity index (χ4n) is 3.64. The topological polar surface area (TPSA) is 84.9 Å². The number of hydrogen-bond donors (Lipinski definition) is 1. The molecule has 0 bridgehead atoms. The summed E-state index contributed by atoms with van der Waals surface area (Å²) in [5.74, 6) is -1.04. The first-order valence-corrected chi connectivity index (χ1v) is 10.5. The Kier molecular flexibility index (Phi) is 7.28. The quantitative estimate of drug-likeness (QED) is 0.688. The second-order valence-corrected chi connectivity index (χ2v) is 7.74. The number of hydrogen-bond acceptors (Lipinski definition) is 5. The number of fused-ring (bicyclic) bond motifs is 1. The van der Waals surface area contributed by atoms with E-state index in [9.17, 15) is 14.4 Å². The van der Waals surface area contributed by atoms with Crippen molar-refractivity contribution in [1.82, 2.24) is 5.32 Å². The highest BCUT2D eigenvalue weighted by Crippen LogP contribution is 2.33. The number of anilines is 1. The molecule has 2 atom stereocenters. The molecule has 31 heavy (non-hydrogen) atoms. The molecular formula is C24H28N2O5. The lowest BCUT2D eigenvalue weighted by Gasteiger charge is -2.30. The van der Waals surface area contributed by atoms with E-state index < -0.39 is 24.1 Å². The number of alkyl carbamates (subject to hydrolysis) is 1. The molecule has 0 spiro atoms. The van der Waals surface area contributed by atoms with Crippen molar-refractivity contribution >= 4 is 23.7 Å². The third-order valence-corrected chi connectivity index (χ3v) is 5.19. The number of amides is 2. The zero-order chi connectivity index (χ0) is 22.4. The van der Waals surface area contributed by atoms with Gasteiger partial charge in [0.2, 0.25) is 0 Å². The first-order chi connectivity index (χ1) is 14.9. The summed E-state index contributed by atoms with van der Waals surface area (Å²) in [7, 11) is 0. The number of ether oxygens (including phenoxy) is 2. The van der Waals surface area contributed by atoms with Crippen LogP contribution in [0.25, 0.3) is 0 Å². The Labute approximate surface area is 182 Å². The van der Waals surface area contributed by atoms with Gasteiger partial charge in [-0.05, 0) is 30.0 Å². The summed E-state index contributed by atoms with van der Waals surface area (Å²) >= 11 is 0. The molecular weight excluding hydrogens is 396 g/mol. The van der Waals surface area contributed by atoms with Crippen LogP contribution in [0.2, 0.25) is 0 Å². The Morgan fingerprint density at radius 2 is 1.71 bits per heavy atom. The van der Waals surface area contributed by atoms with Gasteiger partial charge in [-0.15, -0.1) is 0 Å². The highest BCUT2D eigenvalue weighted by atomic mass is 16.5. The van der Waals surface area contributed by atoms with Crippen LogP contribution in [0.3, 0.4) is 0 Å². The molecule has 0 radical (unpaired) electrons. The lowest BCUT2D eigenvalue weighted by atomic mass is 10.0. The summed E-state index contributed by atoms with van der Waals surface area (Å²) in [5.41, 5.74) is 2.40. The zero-order valence-corrected chi connectivity index (χ0v) is 18.0. The second-order valence-electron chi connectivity index (χ2n) is 7.74. The third-order valence-electron chi connectivity index (χ3n) is 5.19. The largest absolute Gasteiger partial charge is 0.464 e. The van der Waals surface area contributed by atoms with Crippen molar-refractivity contribution in [2.45, 2.75) is 45.9 Å². The molecule has 0 aliphatic carbocycles. The van der Waals surface area contributed by atoms with Crippen LogP contribution < -0.4 is 10.2 Å². The van der Waals surface area contributed by atoms with Crippen LogP contribution in [-0.2, 0) is 32.1 Å². The molecule has 164 valence electrons. The SMILES string of the molecule is CCOC(=O)C1Cc2ccccc2N1C(=O)C(NC(=O)OCc1ccccc1)C(C)C. The number of para-hydroxylation sites is 1. The molecule has 7 nitrogen and oxygen atoms in total. The molecule has 7 heteroatoms. The number of esters is 1. The number of nitrogens with zero attached hydrogens (tertiary/aromatic N) is 1. The van der Waals surface area contributed by atoms with Gasteiger partial charge in [-0.3, -0.25) is 9.69 Å². The van der Waals surface area contributed by atoms with E-state index in [2.05, 4.69) is 5.32 Å². The molecule has 0 saturated heterocycles. The zero-order valence-electron chi connectivity index (χ0n) is 18.0. The minimum absolute atomic E-state index is 0.101. The Hall–Kier alpha value is -3.35. The molecule has 1 N–H and O–H groups in total. The number of carbonyl (C=O) groups is 3. The van der Waals surface area contributed by atoms with Crippen molar-refractivity contribution < 1.29 is 23.9 Å². The average molecular weight is 424 g/mol. The Bertz CT molecular complexity index is 929. The van der Waals surface area contributed by atoms with E-state index in [1.165, 1.54) is 4.90 Å². The molecule has 0 saturated carbocycles. The number of rotatable bonds is 7. The predicted octanol–water partition coefficient (Wildman–Crippen LogP) is 3.46. The van der Waals surface area contributed by atoms with E-state index in [-0.39, 0.29) is 25.0 Å². The van der Waals surface area contributed by atoms with Gasteiger partial charge in [0.25, 0.3) is 5.91 Å². The van der Waals surface area contributed by atoms with E-state index in [1.807, 2.05) is 62.4 Å². The fourth-order valence-corrected chi connectivity index (χ4v) is 3.64. The molecule has 1 heterocycles. The molecule has 3 rings (SSSR count). The smallest absolute Gasteiger partial charge is 0.408 e. The third kappa shape index (κ3) is 5.23. The highest BCUT2D eigenvalue weighted by molar-refractivity contribution is 6.05. The first-order valence-electron chi connectivity index (χ1n) is 10.5. The van der Waals surface area contributed by atoms with Crippen LogP contribution in [0, 0.1) is 5.92 Å². The van der Waals surface area contributed by atoms with E-state index >= 15 is 0 Å². The molecule has 0 fully saturated rings. The summed E-state index contributed by atoms with van der Waals surface area (Å²) < 4.78 is 10.5. The number of nitrogens with one attached hydrogen (secondary N) is 1. The lowest BCUT2D eigenvalue weighted by Crippen LogP contribution is -2.55. The molecule has 1 aliphatic rings. The average Bonchev–Trinajstić information content (AvgIpc) is 3.16. The standard InChI is InChI=1S/C24H28N2O5/c1-4-30-23(28)20-14-18-12-8-9-13-19(18)26(20)22(27)21(16(2)3)25-24(29)31-15-17-10-6-5-7-11-17/h5-13,16,20-21H,4,14-15H2,1-3H3,(H,25,29). The maximum atomic E-state index is 13.5. The van der Waals surface area contributed by atoms with Crippen molar-refractivity contribution in [2.24, 2.45) is 5.92 Å². The molecule has 0 aromatic heterocycles. The van der Waals surface area contributed by atoms with Gasteiger partial charge < -0.3 is 14.8 Å². The van der Waals surface area contributed by atoms with E-state index in [1.54, 1.807) is 13.0 Å². The van der Waals surface area contributed by atoms with Crippen LogP contribution in [0.15, 0.2) is 54.6 Å². The van der Waals surface area contributed by atoms with Gasteiger partial charge >= 0.3 is 12.1 Å². The number of carbonyl (C=O) groups excluding carboxylic acids is 3. The minimum atomic E-state index is -0.855. The monoisotopic (exact) mass is 424 g/mol. The molecule has 2 unspecified atom stereocenters. The van der Waals surface area contributed by atoms with E-state index in [0.29, 0.717) is 12.1 Å². The fraction of sp³-hybridized carbons (Fsp3) is 0.375. The van der Waals surface area contributed by atoms with Gasteiger partial charge in [-0.25, -0.2) is 9.59 Å². The predicted molar refractivity (Wildman–Crippen MR) is 116 cm³/mol. The van der Waals surface area contributed by atoms with Gasteiger partial charge in [-0.2, -0.15) is 0 Å². The Morgan fingerprint density at radius 1 is 1.03 bits per heavy atom. The van der Waals surface area contributed by atoms with Crippen molar-refractivity contribution in [3.05, 3.63) is 65.7 Å². The van der Waals surface area contributed by atoms with Gasteiger partial charge in [0.1, 0.15) is 18.7 Å². The summed E-state index contributed by atoms with van der Waals surface area (Å²) in [6, 6.07) is 15.1. The molecule has 2 amide bonds. The lowest BCUT2D eigenvalue weighted by molar-refractivity contribution is -0.145. The summed E-state index contributed by atoms with van der Waals surface area (Å²) in [6.45, 7) is 5.73. The van der Waals surface area contributed by atoms with Crippen molar-refractivity contribution in [3.8, 4) is 0 Å². The van der Waals surface area contributed by atoms with Crippen molar-refractivity contribution in [3.63, 3.8) is 0 Å².